The first-order chi connectivity index (χ1) is 9.68. The summed E-state index contributed by atoms with van der Waals surface area (Å²) in [7, 11) is 0. The number of rotatable bonds is 8. The molecule has 0 aromatic carbocycles. The summed E-state index contributed by atoms with van der Waals surface area (Å²) >= 11 is 0. The summed E-state index contributed by atoms with van der Waals surface area (Å²) in [6, 6.07) is 0. The number of esters is 3. The lowest BCUT2D eigenvalue weighted by atomic mass is 10.0. The third kappa shape index (κ3) is 7.37. The summed E-state index contributed by atoms with van der Waals surface area (Å²) in [4.78, 5) is 44.3. The molecule has 0 spiro atoms. The highest BCUT2D eigenvalue weighted by Gasteiger charge is 2.38. The summed E-state index contributed by atoms with van der Waals surface area (Å²) in [6.45, 7) is 1.54. The van der Waals surface area contributed by atoms with E-state index in [1.165, 1.54) is 0 Å². The standard InChI is InChI=1S/C12H18O9/c1-6(14)19-5-10(18)12(21-8(3)16)11(9(17)4-13)20-7(2)15/h10-13,18H,4-5H2,1-3H3/t10-,11-,12+/m1/s1. The summed E-state index contributed by atoms with van der Waals surface area (Å²) in [6.07, 6.45) is -4.93. The minimum Gasteiger partial charge on any atom is -0.463 e. The van der Waals surface area contributed by atoms with Crippen molar-refractivity contribution in [2.75, 3.05) is 13.2 Å². The number of carbonyl (C=O) groups is 4. The number of hydrogen-bond acceptors (Lipinski definition) is 9. The van der Waals surface area contributed by atoms with E-state index in [4.69, 9.17) is 9.84 Å². The van der Waals surface area contributed by atoms with Gasteiger partial charge in [0.05, 0.1) is 0 Å². The number of aliphatic hydroxyl groups excluding tert-OH is 2. The number of ether oxygens (including phenoxy) is 3. The first kappa shape index (κ1) is 19.0. The van der Waals surface area contributed by atoms with E-state index in [-0.39, 0.29) is 0 Å². The van der Waals surface area contributed by atoms with E-state index >= 15 is 0 Å². The van der Waals surface area contributed by atoms with Crippen LogP contribution in [0.3, 0.4) is 0 Å². The first-order valence-corrected chi connectivity index (χ1v) is 5.98. The Kier molecular flexibility index (Phi) is 8.17. The zero-order valence-corrected chi connectivity index (χ0v) is 11.9. The van der Waals surface area contributed by atoms with Crippen molar-refractivity contribution in [2.24, 2.45) is 0 Å². The summed E-state index contributed by atoms with van der Waals surface area (Å²) < 4.78 is 13.9. The van der Waals surface area contributed by atoms with E-state index in [0.29, 0.717) is 0 Å². The molecule has 0 saturated heterocycles. The maximum Gasteiger partial charge on any atom is 0.303 e. The fraction of sp³-hybridized carbons (Fsp3) is 0.667. The number of ketones is 1. The lowest BCUT2D eigenvalue weighted by molar-refractivity contribution is -0.182. The first-order valence-electron chi connectivity index (χ1n) is 5.98. The molecule has 0 aromatic rings. The smallest absolute Gasteiger partial charge is 0.303 e. The Morgan fingerprint density at radius 3 is 1.86 bits per heavy atom. The van der Waals surface area contributed by atoms with Gasteiger partial charge in [0.15, 0.2) is 6.10 Å². The van der Waals surface area contributed by atoms with E-state index in [1.54, 1.807) is 0 Å². The maximum absolute atomic E-state index is 11.6. The molecule has 21 heavy (non-hydrogen) atoms. The molecule has 0 unspecified atom stereocenters. The lowest BCUT2D eigenvalue weighted by Crippen LogP contribution is -2.49. The third-order valence-electron chi connectivity index (χ3n) is 2.20. The maximum atomic E-state index is 11.6. The zero-order chi connectivity index (χ0) is 16.6. The summed E-state index contributed by atoms with van der Waals surface area (Å²) in [5.41, 5.74) is 0. The molecule has 0 aliphatic heterocycles. The number of carbonyl (C=O) groups excluding carboxylic acids is 4. The van der Waals surface area contributed by atoms with Crippen LogP contribution in [0.4, 0.5) is 0 Å². The number of Topliss-reactive ketones (excluding diaryl/α,β-unsaturated/α-hetero) is 1. The molecule has 0 saturated carbocycles. The van der Waals surface area contributed by atoms with Crippen molar-refractivity contribution in [3.63, 3.8) is 0 Å². The topological polar surface area (TPSA) is 136 Å². The van der Waals surface area contributed by atoms with E-state index in [2.05, 4.69) is 9.47 Å². The molecule has 0 fully saturated rings. The average molecular weight is 306 g/mol. The molecule has 9 nitrogen and oxygen atoms in total. The molecule has 0 aromatic heterocycles. The normalized spacial score (nSPS) is 14.5. The van der Waals surface area contributed by atoms with Crippen molar-refractivity contribution in [2.45, 2.75) is 39.1 Å². The molecule has 9 heteroatoms. The van der Waals surface area contributed by atoms with Gasteiger partial charge < -0.3 is 24.4 Å². The second-order valence-electron chi connectivity index (χ2n) is 4.10. The van der Waals surface area contributed by atoms with Crippen LogP contribution < -0.4 is 0 Å². The molecule has 0 rings (SSSR count). The second kappa shape index (κ2) is 9.03. The molecular formula is C12H18O9. The Morgan fingerprint density at radius 1 is 0.952 bits per heavy atom. The monoisotopic (exact) mass is 306 g/mol. The summed E-state index contributed by atoms with van der Waals surface area (Å²) in [5.74, 6) is -3.41. The van der Waals surface area contributed by atoms with Crippen molar-refractivity contribution in [3.8, 4) is 0 Å². The van der Waals surface area contributed by atoms with Gasteiger partial charge >= 0.3 is 17.9 Å². The molecular weight excluding hydrogens is 288 g/mol. The lowest BCUT2D eigenvalue weighted by Gasteiger charge is -2.28. The van der Waals surface area contributed by atoms with Crippen LogP contribution >= 0.6 is 0 Å². The van der Waals surface area contributed by atoms with Gasteiger partial charge in [-0.05, 0) is 0 Å². The molecule has 0 aliphatic carbocycles. The largest absolute Gasteiger partial charge is 0.463 e. The van der Waals surface area contributed by atoms with Crippen molar-refractivity contribution in [3.05, 3.63) is 0 Å². The van der Waals surface area contributed by atoms with Crippen LogP contribution in [0, 0.1) is 0 Å². The van der Waals surface area contributed by atoms with Crippen LogP contribution in [0.25, 0.3) is 0 Å². The van der Waals surface area contributed by atoms with Crippen molar-refractivity contribution < 1.29 is 43.6 Å². The van der Waals surface area contributed by atoms with Gasteiger partial charge in [-0.25, -0.2) is 0 Å². The highest BCUT2D eigenvalue weighted by molar-refractivity contribution is 5.87. The Bertz CT molecular complexity index is 404. The van der Waals surface area contributed by atoms with Crippen LogP contribution in [-0.4, -0.2) is 65.4 Å². The summed E-state index contributed by atoms with van der Waals surface area (Å²) in [5, 5.41) is 18.7. The second-order valence-corrected chi connectivity index (χ2v) is 4.10. The zero-order valence-electron chi connectivity index (χ0n) is 11.9. The minimum atomic E-state index is -1.71. The SMILES string of the molecule is CC(=O)OC[C@@H](O)[C@H](OC(C)=O)[C@H](OC(C)=O)C(=O)CO. The molecule has 0 radical (unpaired) electrons. The van der Waals surface area contributed by atoms with E-state index < -0.39 is 55.2 Å². The predicted molar refractivity (Wildman–Crippen MR) is 65.8 cm³/mol. The Balaban J connectivity index is 5.19. The van der Waals surface area contributed by atoms with Crippen LogP contribution in [0.5, 0.6) is 0 Å². The quantitative estimate of drug-likeness (QED) is 0.398. The van der Waals surface area contributed by atoms with Gasteiger partial charge in [-0.1, -0.05) is 0 Å². The molecule has 120 valence electrons. The van der Waals surface area contributed by atoms with Crippen LogP contribution in [0.1, 0.15) is 20.8 Å². The van der Waals surface area contributed by atoms with E-state index in [1.807, 2.05) is 0 Å². The van der Waals surface area contributed by atoms with Crippen LogP contribution in [-0.2, 0) is 33.4 Å². The highest BCUT2D eigenvalue weighted by Crippen LogP contribution is 2.13. The third-order valence-corrected chi connectivity index (χ3v) is 2.20. The van der Waals surface area contributed by atoms with Crippen LogP contribution in [0.15, 0.2) is 0 Å². The van der Waals surface area contributed by atoms with Gasteiger partial charge in [0, 0.05) is 20.8 Å². The van der Waals surface area contributed by atoms with Gasteiger partial charge in [0.2, 0.25) is 11.9 Å². The fourth-order valence-electron chi connectivity index (χ4n) is 1.42. The van der Waals surface area contributed by atoms with Gasteiger partial charge in [-0.2, -0.15) is 0 Å². The van der Waals surface area contributed by atoms with Crippen molar-refractivity contribution >= 4 is 23.7 Å². The Labute approximate surface area is 120 Å². The Hall–Kier alpha value is -2.00. The molecule has 3 atom stereocenters. The average Bonchev–Trinajstić information content (AvgIpc) is 2.38. The van der Waals surface area contributed by atoms with Gasteiger partial charge in [-0.3, -0.25) is 19.2 Å². The van der Waals surface area contributed by atoms with E-state index in [9.17, 15) is 24.3 Å². The predicted octanol–water partition coefficient (Wildman–Crippen LogP) is -1.66. The van der Waals surface area contributed by atoms with Gasteiger partial charge in [-0.15, -0.1) is 0 Å². The number of hydrogen-bond donors (Lipinski definition) is 2. The van der Waals surface area contributed by atoms with Crippen molar-refractivity contribution in [1.82, 2.24) is 0 Å². The van der Waals surface area contributed by atoms with Gasteiger partial charge in [0.1, 0.15) is 19.3 Å². The van der Waals surface area contributed by atoms with Gasteiger partial charge in [0.25, 0.3) is 0 Å². The minimum absolute atomic E-state index is 0.580. The molecule has 0 bridgehead atoms. The molecule has 2 N–H and O–H groups in total. The highest BCUT2D eigenvalue weighted by atomic mass is 16.6. The Morgan fingerprint density at radius 2 is 1.48 bits per heavy atom. The fourth-order valence-corrected chi connectivity index (χ4v) is 1.42. The molecule has 0 aliphatic rings. The molecule has 0 heterocycles. The van der Waals surface area contributed by atoms with Crippen molar-refractivity contribution in [1.29, 1.82) is 0 Å². The number of aliphatic hydroxyl groups is 2. The van der Waals surface area contributed by atoms with Crippen LogP contribution in [0.2, 0.25) is 0 Å². The van der Waals surface area contributed by atoms with E-state index in [0.717, 1.165) is 20.8 Å². The molecule has 0 amide bonds.